The number of aliphatic hydroxyl groups excluding tert-OH is 1. The molecule has 0 radical (unpaired) electrons. The minimum Gasteiger partial charge on any atom is -0.492 e. The van der Waals surface area contributed by atoms with Gasteiger partial charge in [-0.2, -0.15) is 0 Å². The monoisotopic (exact) mass is 306 g/mol. The third kappa shape index (κ3) is 5.95. The molecule has 1 fully saturated rings. The molecular weight excluding hydrogens is 276 g/mol. The highest BCUT2D eigenvalue weighted by Crippen LogP contribution is 2.18. The molecule has 22 heavy (non-hydrogen) atoms. The molecule has 0 bridgehead atoms. The lowest BCUT2D eigenvalue weighted by Crippen LogP contribution is -2.39. The van der Waals surface area contributed by atoms with Crippen molar-refractivity contribution in [3.8, 4) is 5.75 Å². The normalized spacial score (nSPS) is 17.1. The predicted molar refractivity (Wildman–Crippen MR) is 90.4 cm³/mol. The van der Waals surface area contributed by atoms with Crippen LogP contribution in [0.25, 0.3) is 0 Å². The first-order valence-corrected chi connectivity index (χ1v) is 8.38. The van der Waals surface area contributed by atoms with E-state index in [1.54, 1.807) is 0 Å². The van der Waals surface area contributed by atoms with Gasteiger partial charge in [-0.15, -0.1) is 0 Å². The van der Waals surface area contributed by atoms with Crippen LogP contribution in [0.15, 0.2) is 24.3 Å². The van der Waals surface area contributed by atoms with Crippen molar-refractivity contribution in [1.29, 1.82) is 0 Å². The Kier molecular flexibility index (Phi) is 7.16. The maximum Gasteiger partial charge on any atom is 0.119 e. The largest absolute Gasteiger partial charge is 0.492 e. The molecule has 0 saturated carbocycles. The van der Waals surface area contributed by atoms with E-state index in [0.29, 0.717) is 0 Å². The summed E-state index contributed by atoms with van der Waals surface area (Å²) in [6.45, 7) is 8.28. The Hall–Kier alpha value is -1.10. The number of piperidine rings is 1. The van der Waals surface area contributed by atoms with Gasteiger partial charge in [-0.1, -0.05) is 12.1 Å². The van der Waals surface area contributed by atoms with Gasteiger partial charge in [0.1, 0.15) is 12.4 Å². The Bertz CT molecular complexity index is 431. The number of hydrogen-bond acceptors (Lipinski definition) is 4. The number of aliphatic hydroxyl groups is 1. The highest BCUT2D eigenvalue weighted by atomic mass is 16.5. The quantitative estimate of drug-likeness (QED) is 0.797. The second-order valence-corrected chi connectivity index (χ2v) is 6.44. The van der Waals surface area contributed by atoms with Gasteiger partial charge in [0.15, 0.2) is 0 Å². The van der Waals surface area contributed by atoms with E-state index < -0.39 is 0 Å². The zero-order valence-electron chi connectivity index (χ0n) is 14.0. The van der Waals surface area contributed by atoms with Crippen molar-refractivity contribution in [3.63, 3.8) is 0 Å². The van der Waals surface area contributed by atoms with Crippen LogP contribution in [-0.4, -0.2) is 67.9 Å². The lowest BCUT2D eigenvalue weighted by molar-refractivity contribution is 0.126. The van der Waals surface area contributed by atoms with Gasteiger partial charge in [-0.05, 0) is 63.5 Å². The van der Waals surface area contributed by atoms with Crippen LogP contribution in [0, 0.1) is 12.8 Å². The lowest BCUT2D eigenvalue weighted by atomic mass is 9.96. The van der Waals surface area contributed by atoms with Crippen LogP contribution < -0.4 is 4.74 Å². The first kappa shape index (κ1) is 17.3. The zero-order chi connectivity index (χ0) is 15.8. The molecule has 124 valence electrons. The Labute approximate surface area is 134 Å². The molecule has 1 saturated heterocycles. The van der Waals surface area contributed by atoms with Crippen LogP contribution in [0.5, 0.6) is 5.75 Å². The maximum absolute atomic E-state index is 8.97. The Morgan fingerprint density at radius 3 is 2.77 bits per heavy atom. The topological polar surface area (TPSA) is 35.9 Å². The summed E-state index contributed by atoms with van der Waals surface area (Å²) in [6, 6.07) is 8.22. The standard InChI is InChI=1S/C18H30N2O2/c1-16-4-3-5-18(14-16)22-13-11-19(2)15-17-6-8-20(9-7-17)10-12-21/h3-5,14,17,21H,6-13,15H2,1-2H3. The molecule has 1 aromatic rings. The molecular formula is C18H30N2O2. The van der Waals surface area contributed by atoms with Crippen LogP contribution in [-0.2, 0) is 0 Å². The predicted octanol–water partition coefficient (Wildman–Crippen LogP) is 2.01. The second-order valence-electron chi connectivity index (χ2n) is 6.44. The van der Waals surface area contributed by atoms with Crippen LogP contribution >= 0.6 is 0 Å². The van der Waals surface area contributed by atoms with Crippen molar-refractivity contribution in [2.45, 2.75) is 19.8 Å². The van der Waals surface area contributed by atoms with Gasteiger partial charge < -0.3 is 19.6 Å². The molecule has 1 aromatic carbocycles. The van der Waals surface area contributed by atoms with Crippen LogP contribution in [0.3, 0.4) is 0 Å². The van der Waals surface area contributed by atoms with Gasteiger partial charge in [0, 0.05) is 19.6 Å². The Balaban J connectivity index is 1.61. The molecule has 0 atom stereocenters. The minimum atomic E-state index is 0.279. The van der Waals surface area contributed by atoms with Crippen molar-refractivity contribution >= 4 is 0 Å². The Morgan fingerprint density at radius 2 is 2.09 bits per heavy atom. The van der Waals surface area contributed by atoms with Crippen LogP contribution in [0.4, 0.5) is 0 Å². The van der Waals surface area contributed by atoms with Gasteiger partial charge >= 0.3 is 0 Å². The first-order chi connectivity index (χ1) is 10.7. The van der Waals surface area contributed by atoms with E-state index in [9.17, 15) is 0 Å². The van der Waals surface area contributed by atoms with Gasteiger partial charge in [0.2, 0.25) is 0 Å². The molecule has 4 heteroatoms. The van der Waals surface area contributed by atoms with E-state index in [-0.39, 0.29) is 6.61 Å². The average Bonchev–Trinajstić information content (AvgIpc) is 2.50. The second kappa shape index (κ2) is 9.13. The number of benzene rings is 1. The number of nitrogens with zero attached hydrogens (tertiary/aromatic N) is 2. The molecule has 0 amide bonds. The maximum atomic E-state index is 8.97. The number of β-amino-alcohol motifs (C(OH)–C–C–N with tert-alkyl or cyclic N) is 1. The zero-order valence-corrected chi connectivity index (χ0v) is 14.0. The van der Waals surface area contributed by atoms with E-state index in [4.69, 9.17) is 9.84 Å². The molecule has 4 nitrogen and oxygen atoms in total. The van der Waals surface area contributed by atoms with Gasteiger partial charge in [-0.3, -0.25) is 0 Å². The fourth-order valence-corrected chi connectivity index (χ4v) is 3.09. The van der Waals surface area contributed by atoms with Crippen molar-refractivity contribution in [3.05, 3.63) is 29.8 Å². The third-order valence-corrected chi connectivity index (χ3v) is 4.42. The van der Waals surface area contributed by atoms with E-state index in [0.717, 1.165) is 51.0 Å². The van der Waals surface area contributed by atoms with E-state index in [1.807, 2.05) is 12.1 Å². The third-order valence-electron chi connectivity index (χ3n) is 4.42. The molecule has 1 aliphatic heterocycles. The van der Waals surface area contributed by atoms with Gasteiger partial charge in [0.05, 0.1) is 6.61 Å². The lowest BCUT2D eigenvalue weighted by Gasteiger charge is -2.33. The Morgan fingerprint density at radius 1 is 1.32 bits per heavy atom. The number of hydrogen-bond donors (Lipinski definition) is 1. The van der Waals surface area contributed by atoms with Crippen molar-refractivity contribution in [1.82, 2.24) is 9.80 Å². The average molecular weight is 306 g/mol. The van der Waals surface area contributed by atoms with Crippen molar-refractivity contribution in [2.75, 3.05) is 53.0 Å². The van der Waals surface area contributed by atoms with Crippen LogP contribution in [0.1, 0.15) is 18.4 Å². The first-order valence-electron chi connectivity index (χ1n) is 8.38. The van der Waals surface area contributed by atoms with Gasteiger partial charge in [-0.25, -0.2) is 0 Å². The van der Waals surface area contributed by atoms with E-state index in [1.165, 1.54) is 18.4 Å². The summed E-state index contributed by atoms with van der Waals surface area (Å²) in [7, 11) is 2.18. The molecule has 0 aliphatic carbocycles. The van der Waals surface area contributed by atoms with Gasteiger partial charge in [0.25, 0.3) is 0 Å². The summed E-state index contributed by atoms with van der Waals surface area (Å²) >= 11 is 0. The SMILES string of the molecule is Cc1cccc(OCCN(C)CC2CCN(CCO)CC2)c1. The number of aryl methyl sites for hydroxylation is 1. The summed E-state index contributed by atoms with van der Waals surface area (Å²) in [5, 5.41) is 8.97. The number of rotatable bonds is 8. The summed E-state index contributed by atoms with van der Waals surface area (Å²) in [6.07, 6.45) is 2.48. The highest BCUT2D eigenvalue weighted by Gasteiger charge is 2.19. The summed E-state index contributed by atoms with van der Waals surface area (Å²) < 4.78 is 5.82. The molecule has 1 N–H and O–H groups in total. The van der Waals surface area contributed by atoms with E-state index >= 15 is 0 Å². The summed E-state index contributed by atoms with van der Waals surface area (Å²) in [4.78, 5) is 4.74. The smallest absolute Gasteiger partial charge is 0.119 e. The molecule has 0 unspecified atom stereocenters. The molecule has 0 spiro atoms. The molecule has 1 aliphatic rings. The molecule has 0 aromatic heterocycles. The highest BCUT2D eigenvalue weighted by molar-refractivity contribution is 5.27. The van der Waals surface area contributed by atoms with E-state index in [2.05, 4.69) is 35.9 Å². The van der Waals surface area contributed by atoms with Crippen molar-refractivity contribution < 1.29 is 9.84 Å². The summed E-state index contributed by atoms with van der Waals surface area (Å²) in [5.41, 5.74) is 1.24. The number of ether oxygens (including phenoxy) is 1. The van der Waals surface area contributed by atoms with Crippen molar-refractivity contribution in [2.24, 2.45) is 5.92 Å². The fourth-order valence-electron chi connectivity index (χ4n) is 3.09. The fraction of sp³-hybridized carbons (Fsp3) is 0.667. The summed E-state index contributed by atoms with van der Waals surface area (Å²) in [5.74, 6) is 1.74. The number of likely N-dealkylation sites (tertiary alicyclic amines) is 1. The molecule has 1 heterocycles. The molecule has 2 rings (SSSR count). The van der Waals surface area contributed by atoms with Crippen LogP contribution in [0.2, 0.25) is 0 Å². The minimum absolute atomic E-state index is 0.279. The number of likely N-dealkylation sites (N-methyl/N-ethyl adjacent to an activating group) is 1.